The zero-order valence-electron chi connectivity index (χ0n) is 11.5. The second kappa shape index (κ2) is 9.21. The predicted octanol–water partition coefficient (Wildman–Crippen LogP) is 4.22. The highest BCUT2D eigenvalue weighted by molar-refractivity contribution is 4.44. The molecule has 0 unspecified atom stereocenters. The minimum absolute atomic E-state index is 1.23. The van der Waals surface area contributed by atoms with Crippen LogP contribution in [0.3, 0.4) is 0 Å². The summed E-state index contributed by atoms with van der Waals surface area (Å²) >= 11 is 0. The number of quaternary nitrogens is 1. The standard InChI is InChI=1S/C14H32N/c1-5-7-9-10-12-14-15(3,4)13-11-8-6-2/h5-14H2,1-4H3/q+1. The maximum atomic E-state index is 2.38. The van der Waals surface area contributed by atoms with Gasteiger partial charge in [0.25, 0.3) is 0 Å². The van der Waals surface area contributed by atoms with Crippen molar-refractivity contribution in [2.24, 2.45) is 0 Å². The molecule has 15 heavy (non-hydrogen) atoms. The first-order valence-electron chi connectivity index (χ1n) is 6.94. The highest BCUT2D eigenvalue weighted by Crippen LogP contribution is 2.08. The smallest absolute Gasteiger partial charge is 0.0782 e. The van der Waals surface area contributed by atoms with Crippen molar-refractivity contribution in [3.8, 4) is 0 Å². The fourth-order valence-electron chi connectivity index (χ4n) is 2.05. The fraction of sp³-hybridized carbons (Fsp3) is 1.00. The van der Waals surface area contributed by atoms with E-state index in [1.807, 2.05) is 0 Å². The highest BCUT2D eigenvalue weighted by Gasteiger charge is 2.12. The summed E-state index contributed by atoms with van der Waals surface area (Å²) in [6.07, 6.45) is 11.2. The lowest BCUT2D eigenvalue weighted by Crippen LogP contribution is -2.41. The molecule has 0 radical (unpaired) electrons. The number of unbranched alkanes of at least 4 members (excludes halogenated alkanes) is 6. The van der Waals surface area contributed by atoms with E-state index in [4.69, 9.17) is 0 Å². The van der Waals surface area contributed by atoms with Crippen LogP contribution in [0.1, 0.15) is 65.2 Å². The molecule has 0 aliphatic carbocycles. The minimum Gasteiger partial charge on any atom is -0.328 e. The molecular weight excluding hydrogens is 182 g/mol. The zero-order chi connectivity index (χ0) is 11.6. The van der Waals surface area contributed by atoms with Crippen LogP contribution in [-0.4, -0.2) is 31.7 Å². The molecule has 0 aromatic heterocycles. The van der Waals surface area contributed by atoms with Gasteiger partial charge in [0, 0.05) is 0 Å². The van der Waals surface area contributed by atoms with Crippen LogP contribution in [0.5, 0.6) is 0 Å². The van der Waals surface area contributed by atoms with E-state index in [0.29, 0.717) is 0 Å². The molecule has 0 aliphatic rings. The normalized spacial score (nSPS) is 12.0. The summed E-state index contributed by atoms with van der Waals surface area (Å²) in [5.41, 5.74) is 0. The van der Waals surface area contributed by atoms with Crippen molar-refractivity contribution in [3.63, 3.8) is 0 Å². The Bertz CT molecular complexity index is 129. The lowest BCUT2D eigenvalue weighted by Gasteiger charge is -2.29. The molecule has 92 valence electrons. The third-order valence-electron chi connectivity index (χ3n) is 3.23. The molecule has 0 N–H and O–H groups in total. The molecule has 0 fully saturated rings. The topological polar surface area (TPSA) is 0 Å². The molecular formula is C14H32N+. The summed E-state index contributed by atoms with van der Waals surface area (Å²) < 4.78 is 1.23. The monoisotopic (exact) mass is 214 g/mol. The van der Waals surface area contributed by atoms with E-state index >= 15 is 0 Å². The summed E-state index contributed by atoms with van der Waals surface area (Å²) in [4.78, 5) is 0. The molecule has 0 atom stereocenters. The first kappa shape index (κ1) is 15.0. The van der Waals surface area contributed by atoms with E-state index in [2.05, 4.69) is 27.9 Å². The van der Waals surface area contributed by atoms with Crippen LogP contribution in [0.4, 0.5) is 0 Å². The van der Waals surface area contributed by atoms with Gasteiger partial charge >= 0.3 is 0 Å². The van der Waals surface area contributed by atoms with Crippen LogP contribution in [0.15, 0.2) is 0 Å². The zero-order valence-corrected chi connectivity index (χ0v) is 11.5. The van der Waals surface area contributed by atoms with Gasteiger partial charge in [0.15, 0.2) is 0 Å². The third kappa shape index (κ3) is 10.2. The van der Waals surface area contributed by atoms with E-state index in [-0.39, 0.29) is 0 Å². The van der Waals surface area contributed by atoms with Gasteiger partial charge in [-0.05, 0) is 25.7 Å². The molecule has 0 rings (SSSR count). The summed E-state index contributed by atoms with van der Waals surface area (Å²) in [6.45, 7) is 7.30. The third-order valence-corrected chi connectivity index (χ3v) is 3.23. The molecule has 0 aromatic carbocycles. The van der Waals surface area contributed by atoms with E-state index in [0.717, 1.165) is 0 Å². The molecule has 1 nitrogen and oxygen atoms in total. The predicted molar refractivity (Wildman–Crippen MR) is 70.1 cm³/mol. The van der Waals surface area contributed by atoms with Crippen LogP contribution in [-0.2, 0) is 0 Å². The Kier molecular flexibility index (Phi) is 9.18. The summed E-state index contributed by atoms with van der Waals surface area (Å²) in [5.74, 6) is 0. The van der Waals surface area contributed by atoms with Crippen molar-refractivity contribution < 1.29 is 4.48 Å². The van der Waals surface area contributed by atoms with E-state index in [9.17, 15) is 0 Å². The van der Waals surface area contributed by atoms with Gasteiger partial charge in [-0.1, -0.05) is 39.5 Å². The average molecular weight is 214 g/mol. The first-order chi connectivity index (χ1) is 7.12. The van der Waals surface area contributed by atoms with Crippen molar-refractivity contribution >= 4 is 0 Å². The van der Waals surface area contributed by atoms with Gasteiger partial charge in [0.2, 0.25) is 0 Å². The number of hydrogen-bond donors (Lipinski definition) is 0. The van der Waals surface area contributed by atoms with E-state index in [1.165, 1.54) is 68.9 Å². The average Bonchev–Trinajstić information content (AvgIpc) is 2.17. The molecule has 0 heterocycles. The summed E-state index contributed by atoms with van der Waals surface area (Å²) in [6, 6.07) is 0. The Balaban J connectivity index is 3.38. The second-order valence-corrected chi connectivity index (χ2v) is 5.50. The van der Waals surface area contributed by atoms with Gasteiger partial charge in [0.05, 0.1) is 27.2 Å². The molecule has 0 aliphatic heterocycles. The van der Waals surface area contributed by atoms with Crippen LogP contribution < -0.4 is 0 Å². The highest BCUT2D eigenvalue weighted by atomic mass is 15.3. The maximum Gasteiger partial charge on any atom is 0.0782 e. The lowest BCUT2D eigenvalue weighted by molar-refractivity contribution is -0.890. The molecule has 0 bridgehead atoms. The van der Waals surface area contributed by atoms with Crippen molar-refractivity contribution in [3.05, 3.63) is 0 Å². The van der Waals surface area contributed by atoms with Gasteiger partial charge in [-0.15, -0.1) is 0 Å². The van der Waals surface area contributed by atoms with Crippen LogP contribution in [0.2, 0.25) is 0 Å². The molecule has 0 spiro atoms. The van der Waals surface area contributed by atoms with Gasteiger partial charge in [-0.2, -0.15) is 0 Å². The van der Waals surface area contributed by atoms with Gasteiger partial charge in [-0.25, -0.2) is 0 Å². The Hall–Kier alpha value is -0.0400. The van der Waals surface area contributed by atoms with Crippen molar-refractivity contribution in [1.29, 1.82) is 0 Å². The number of nitrogens with zero attached hydrogens (tertiary/aromatic N) is 1. The maximum absolute atomic E-state index is 2.38. The van der Waals surface area contributed by atoms with Gasteiger partial charge in [0.1, 0.15) is 0 Å². The fourth-order valence-corrected chi connectivity index (χ4v) is 2.05. The first-order valence-corrected chi connectivity index (χ1v) is 6.94. The largest absolute Gasteiger partial charge is 0.328 e. The van der Waals surface area contributed by atoms with E-state index in [1.54, 1.807) is 0 Å². The quantitative estimate of drug-likeness (QED) is 0.377. The van der Waals surface area contributed by atoms with Crippen LogP contribution >= 0.6 is 0 Å². The van der Waals surface area contributed by atoms with E-state index < -0.39 is 0 Å². The van der Waals surface area contributed by atoms with Crippen molar-refractivity contribution in [1.82, 2.24) is 0 Å². The Morgan fingerprint density at radius 2 is 1.00 bits per heavy atom. The second-order valence-electron chi connectivity index (χ2n) is 5.50. The Morgan fingerprint density at radius 1 is 0.600 bits per heavy atom. The van der Waals surface area contributed by atoms with Crippen molar-refractivity contribution in [2.45, 2.75) is 65.2 Å². The Labute approximate surface area is 97.5 Å². The van der Waals surface area contributed by atoms with Crippen LogP contribution in [0, 0.1) is 0 Å². The lowest BCUT2D eigenvalue weighted by atomic mass is 10.1. The number of hydrogen-bond acceptors (Lipinski definition) is 0. The van der Waals surface area contributed by atoms with Crippen molar-refractivity contribution in [2.75, 3.05) is 27.2 Å². The molecule has 0 aromatic rings. The minimum atomic E-state index is 1.23. The summed E-state index contributed by atoms with van der Waals surface area (Å²) in [7, 11) is 4.77. The van der Waals surface area contributed by atoms with Gasteiger partial charge in [-0.3, -0.25) is 0 Å². The molecule has 1 heteroatoms. The van der Waals surface area contributed by atoms with Crippen LogP contribution in [0.25, 0.3) is 0 Å². The molecule has 0 saturated heterocycles. The SMILES string of the molecule is CCCCCCC[N+](C)(C)CCCCC. The summed E-state index contributed by atoms with van der Waals surface area (Å²) in [5, 5.41) is 0. The number of rotatable bonds is 10. The molecule has 0 amide bonds. The molecule has 0 saturated carbocycles. The van der Waals surface area contributed by atoms with Gasteiger partial charge < -0.3 is 4.48 Å². The Morgan fingerprint density at radius 3 is 1.53 bits per heavy atom.